The molecule has 0 spiro atoms. The fourth-order valence-electron chi connectivity index (χ4n) is 4.65. The summed E-state index contributed by atoms with van der Waals surface area (Å²) in [6.07, 6.45) is 2.44. The van der Waals surface area contributed by atoms with Gasteiger partial charge in [-0.2, -0.15) is 0 Å². The van der Waals surface area contributed by atoms with Gasteiger partial charge in [-0.1, -0.05) is 18.2 Å². The van der Waals surface area contributed by atoms with E-state index in [2.05, 4.69) is 38.8 Å². The van der Waals surface area contributed by atoms with Gasteiger partial charge >= 0.3 is 5.97 Å². The normalized spacial score (nSPS) is 14.3. The monoisotopic (exact) mass is 574 g/mol. The van der Waals surface area contributed by atoms with Gasteiger partial charge in [0.25, 0.3) is 15.9 Å². The second kappa shape index (κ2) is 11.6. The molecule has 0 saturated carbocycles. The molecule has 11 nitrogen and oxygen atoms in total. The van der Waals surface area contributed by atoms with Gasteiger partial charge in [0.2, 0.25) is 5.95 Å². The Labute approximate surface area is 238 Å². The number of rotatable bonds is 8. The van der Waals surface area contributed by atoms with E-state index in [9.17, 15) is 18.0 Å². The molecular formula is C29H30N6O5S. The number of esters is 1. The van der Waals surface area contributed by atoms with Crippen LogP contribution in [0.2, 0.25) is 0 Å². The summed E-state index contributed by atoms with van der Waals surface area (Å²) in [5, 5.41) is 3.35. The van der Waals surface area contributed by atoms with Crippen molar-refractivity contribution in [3.05, 3.63) is 83.8 Å². The van der Waals surface area contributed by atoms with Gasteiger partial charge in [-0.25, -0.2) is 27.9 Å². The predicted octanol–water partition coefficient (Wildman–Crippen LogP) is 3.78. The highest BCUT2D eigenvalue weighted by Crippen LogP contribution is 2.30. The number of carbonyl (C=O) groups excluding carboxylic acids is 2. The Hall–Kier alpha value is -4.42. The lowest BCUT2D eigenvalue weighted by atomic mass is 9.95. The summed E-state index contributed by atoms with van der Waals surface area (Å²) in [6, 6.07) is 14.9. The van der Waals surface area contributed by atoms with Crippen LogP contribution in [0.3, 0.4) is 0 Å². The van der Waals surface area contributed by atoms with Crippen LogP contribution in [0.1, 0.15) is 42.4 Å². The average molecular weight is 575 g/mol. The first-order chi connectivity index (χ1) is 19.6. The van der Waals surface area contributed by atoms with E-state index in [1.54, 1.807) is 6.07 Å². The molecular weight excluding hydrogens is 544 g/mol. The van der Waals surface area contributed by atoms with Gasteiger partial charge in [0, 0.05) is 60.3 Å². The lowest BCUT2D eigenvalue weighted by molar-refractivity contribution is -0.123. The number of nitrogens with one attached hydrogen (secondary N) is 2. The Morgan fingerprint density at radius 2 is 1.68 bits per heavy atom. The number of amides is 1. The smallest absolute Gasteiger partial charge is 0.339 e. The van der Waals surface area contributed by atoms with Gasteiger partial charge in [0.05, 0.1) is 16.0 Å². The lowest BCUT2D eigenvalue weighted by Gasteiger charge is -2.32. The minimum absolute atomic E-state index is 0.0350. The van der Waals surface area contributed by atoms with Crippen LogP contribution in [0.5, 0.6) is 0 Å². The molecule has 41 heavy (non-hydrogen) atoms. The van der Waals surface area contributed by atoms with E-state index >= 15 is 0 Å². The first kappa shape index (κ1) is 28.1. The van der Waals surface area contributed by atoms with E-state index in [0.29, 0.717) is 41.2 Å². The predicted molar refractivity (Wildman–Crippen MR) is 154 cm³/mol. The molecule has 0 fully saturated rings. The third-order valence-electron chi connectivity index (χ3n) is 6.89. The van der Waals surface area contributed by atoms with E-state index in [4.69, 9.17) is 9.72 Å². The first-order valence-electron chi connectivity index (χ1n) is 13.2. The average Bonchev–Trinajstić information content (AvgIpc) is 2.96. The van der Waals surface area contributed by atoms with Crippen molar-refractivity contribution in [2.45, 2.75) is 50.8 Å². The molecule has 2 aromatic carbocycles. The van der Waals surface area contributed by atoms with E-state index in [0.717, 1.165) is 17.8 Å². The van der Waals surface area contributed by atoms with Gasteiger partial charge in [-0.15, -0.1) is 0 Å². The zero-order valence-corrected chi connectivity index (χ0v) is 23.7. The van der Waals surface area contributed by atoms with Crippen LogP contribution in [0.4, 0.5) is 11.6 Å². The Kier molecular flexibility index (Phi) is 7.95. The summed E-state index contributed by atoms with van der Waals surface area (Å²) in [5.41, 5.74) is 3.17. The number of carbonyl (C=O) groups is 2. The fraction of sp³-hybridized carbons (Fsp3) is 0.276. The maximum absolute atomic E-state index is 13.5. The van der Waals surface area contributed by atoms with Crippen molar-refractivity contribution >= 4 is 44.4 Å². The van der Waals surface area contributed by atoms with Gasteiger partial charge in [0.15, 0.2) is 6.10 Å². The summed E-state index contributed by atoms with van der Waals surface area (Å²) < 4.78 is 33.2. The number of anilines is 2. The maximum atomic E-state index is 13.5. The van der Waals surface area contributed by atoms with Crippen molar-refractivity contribution < 1.29 is 22.7 Å². The SMILES string of the molecule is CC(OC(=O)c1c2c(nc3ccccc13)CCN(C(C)C)C2)C(=O)Nc1ccc(S(=O)(=O)Nc2ncccn2)cc1. The molecule has 0 aliphatic carbocycles. The maximum Gasteiger partial charge on any atom is 0.339 e. The van der Waals surface area contributed by atoms with E-state index < -0.39 is 28.0 Å². The van der Waals surface area contributed by atoms with Gasteiger partial charge in [-0.05, 0) is 57.2 Å². The van der Waals surface area contributed by atoms with Crippen molar-refractivity contribution in [1.82, 2.24) is 19.9 Å². The summed E-state index contributed by atoms with van der Waals surface area (Å²) in [4.78, 5) is 41.2. The second-order valence-corrected chi connectivity index (χ2v) is 11.7. The number of ether oxygens (including phenoxy) is 1. The van der Waals surface area contributed by atoms with Crippen molar-refractivity contribution in [2.24, 2.45) is 0 Å². The Balaban J connectivity index is 1.30. The molecule has 0 saturated heterocycles. The number of aromatic nitrogens is 3. The van der Waals surface area contributed by atoms with Gasteiger partial charge in [-0.3, -0.25) is 14.7 Å². The molecule has 1 amide bonds. The van der Waals surface area contributed by atoms with Gasteiger partial charge in [0.1, 0.15) is 0 Å². The van der Waals surface area contributed by atoms with Gasteiger partial charge < -0.3 is 10.1 Å². The van der Waals surface area contributed by atoms with Crippen molar-refractivity contribution in [3.63, 3.8) is 0 Å². The summed E-state index contributed by atoms with van der Waals surface area (Å²) in [7, 11) is -3.92. The number of fused-ring (bicyclic) bond motifs is 2. The Morgan fingerprint density at radius 1 is 0.976 bits per heavy atom. The molecule has 4 aromatic rings. The van der Waals surface area contributed by atoms with Crippen LogP contribution in [-0.2, 0) is 32.5 Å². The molecule has 0 bridgehead atoms. The third kappa shape index (κ3) is 6.18. The molecule has 1 aliphatic rings. The highest BCUT2D eigenvalue weighted by atomic mass is 32.2. The standard InChI is InChI=1S/C29H30N6O5S/c1-18(2)35-16-13-25-23(17-35)26(22-7-4-5-8-24(22)33-25)28(37)40-19(3)27(36)32-20-9-11-21(12-10-20)41(38,39)34-29-30-14-6-15-31-29/h4-12,14-15,18-19H,13,16-17H2,1-3H3,(H,32,36)(H,30,31,34). The molecule has 0 radical (unpaired) electrons. The number of para-hydroxylation sites is 1. The van der Waals surface area contributed by atoms with E-state index in [1.165, 1.54) is 43.6 Å². The zero-order valence-electron chi connectivity index (χ0n) is 22.9. The van der Waals surface area contributed by atoms with Crippen LogP contribution in [0.15, 0.2) is 71.9 Å². The Bertz CT molecular complexity index is 1690. The number of nitrogens with zero attached hydrogens (tertiary/aromatic N) is 4. The number of pyridine rings is 1. The molecule has 2 N–H and O–H groups in total. The minimum atomic E-state index is -3.92. The number of sulfonamides is 1. The van der Waals surface area contributed by atoms with E-state index in [-0.39, 0.29) is 10.8 Å². The molecule has 3 heterocycles. The van der Waals surface area contributed by atoms with Crippen LogP contribution in [-0.4, -0.2) is 58.8 Å². The fourth-order valence-corrected chi connectivity index (χ4v) is 5.61. The highest BCUT2D eigenvalue weighted by Gasteiger charge is 2.29. The topological polar surface area (TPSA) is 143 Å². The molecule has 212 valence electrons. The van der Waals surface area contributed by atoms with Crippen LogP contribution >= 0.6 is 0 Å². The molecule has 12 heteroatoms. The molecule has 1 aliphatic heterocycles. The molecule has 1 unspecified atom stereocenters. The van der Waals surface area contributed by atoms with Crippen molar-refractivity contribution in [2.75, 3.05) is 16.6 Å². The quantitative estimate of drug-likeness (QED) is 0.301. The summed E-state index contributed by atoms with van der Waals surface area (Å²) >= 11 is 0. The molecule has 5 rings (SSSR count). The van der Waals surface area contributed by atoms with E-state index in [1.807, 2.05) is 24.3 Å². The zero-order chi connectivity index (χ0) is 29.1. The molecule has 2 aromatic heterocycles. The highest BCUT2D eigenvalue weighted by molar-refractivity contribution is 7.92. The largest absolute Gasteiger partial charge is 0.449 e. The number of hydrogen-bond acceptors (Lipinski definition) is 9. The number of hydrogen-bond donors (Lipinski definition) is 2. The van der Waals surface area contributed by atoms with Crippen molar-refractivity contribution in [3.8, 4) is 0 Å². The second-order valence-electron chi connectivity index (χ2n) is 9.98. The summed E-state index contributed by atoms with van der Waals surface area (Å²) in [5.74, 6) is -1.20. The summed E-state index contributed by atoms with van der Waals surface area (Å²) in [6.45, 7) is 7.13. The third-order valence-corrected chi connectivity index (χ3v) is 8.23. The number of benzene rings is 2. The Morgan fingerprint density at radius 3 is 2.39 bits per heavy atom. The minimum Gasteiger partial charge on any atom is -0.449 e. The molecule has 1 atom stereocenters. The van der Waals surface area contributed by atoms with Crippen LogP contribution in [0, 0.1) is 0 Å². The van der Waals surface area contributed by atoms with Crippen LogP contribution < -0.4 is 10.0 Å². The van der Waals surface area contributed by atoms with Crippen LogP contribution in [0.25, 0.3) is 10.9 Å². The van der Waals surface area contributed by atoms with Crippen molar-refractivity contribution in [1.29, 1.82) is 0 Å². The lowest BCUT2D eigenvalue weighted by Crippen LogP contribution is -2.37. The first-order valence-corrected chi connectivity index (χ1v) is 14.7.